The molecule has 1 aromatic rings. The molecule has 1 N–H and O–H groups in total. The second kappa shape index (κ2) is 7.43. The average Bonchev–Trinajstić information content (AvgIpc) is 3.00. The zero-order valence-electron chi connectivity index (χ0n) is 12.6. The Morgan fingerprint density at radius 2 is 2.40 bits per heavy atom. The number of amides is 1. The fraction of sp³-hybridized carbons (Fsp3) is 0.733. The van der Waals surface area contributed by atoms with Crippen LogP contribution < -0.4 is 5.32 Å². The van der Waals surface area contributed by atoms with E-state index in [-0.39, 0.29) is 11.9 Å². The van der Waals surface area contributed by atoms with E-state index in [9.17, 15) is 4.79 Å². The Labute approximate surface area is 121 Å². The summed E-state index contributed by atoms with van der Waals surface area (Å²) in [6, 6.07) is 2.08. The smallest absolute Gasteiger partial charge is 0.247 e. The molecule has 5 nitrogen and oxygen atoms in total. The summed E-state index contributed by atoms with van der Waals surface area (Å²) in [5.74, 6) is 0.169. The van der Waals surface area contributed by atoms with Crippen molar-refractivity contribution in [3.63, 3.8) is 0 Å². The molecular formula is C15H26N4O. The highest BCUT2D eigenvalue weighted by atomic mass is 16.2. The number of piperidine rings is 1. The van der Waals surface area contributed by atoms with Crippen molar-refractivity contribution in [2.24, 2.45) is 0 Å². The van der Waals surface area contributed by atoms with Crippen LogP contribution in [0.1, 0.15) is 45.6 Å². The van der Waals surface area contributed by atoms with E-state index in [0.717, 1.165) is 26.1 Å². The molecule has 2 unspecified atom stereocenters. The van der Waals surface area contributed by atoms with Gasteiger partial charge in [-0.05, 0) is 38.8 Å². The van der Waals surface area contributed by atoms with Crippen LogP contribution in [0.15, 0.2) is 18.5 Å². The Bertz CT molecular complexity index is 398. The van der Waals surface area contributed by atoms with Crippen molar-refractivity contribution in [1.29, 1.82) is 0 Å². The number of nitrogens with zero attached hydrogens (tertiary/aromatic N) is 3. The number of hydrogen-bond donors (Lipinski definition) is 1. The van der Waals surface area contributed by atoms with Crippen LogP contribution in [0.5, 0.6) is 0 Å². The molecule has 1 aromatic heterocycles. The van der Waals surface area contributed by atoms with Crippen LogP contribution in [0, 0.1) is 0 Å². The van der Waals surface area contributed by atoms with Crippen molar-refractivity contribution in [2.75, 3.05) is 19.6 Å². The summed E-state index contributed by atoms with van der Waals surface area (Å²) in [6.45, 7) is 6.76. The van der Waals surface area contributed by atoms with Crippen LogP contribution in [0.3, 0.4) is 0 Å². The van der Waals surface area contributed by atoms with Gasteiger partial charge in [-0.25, -0.2) is 0 Å². The lowest BCUT2D eigenvalue weighted by molar-refractivity contribution is -0.135. The highest BCUT2D eigenvalue weighted by molar-refractivity contribution is 5.80. The van der Waals surface area contributed by atoms with Gasteiger partial charge in [0.15, 0.2) is 0 Å². The van der Waals surface area contributed by atoms with Gasteiger partial charge in [-0.1, -0.05) is 13.3 Å². The van der Waals surface area contributed by atoms with Crippen LogP contribution >= 0.6 is 0 Å². The fourth-order valence-corrected chi connectivity index (χ4v) is 2.79. The first-order valence-corrected chi connectivity index (χ1v) is 7.73. The summed E-state index contributed by atoms with van der Waals surface area (Å²) in [4.78, 5) is 14.6. The summed E-state index contributed by atoms with van der Waals surface area (Å²) in [6.07, 6.45) is 8.25. The highest BCUT2D eigenvalue weighted by Crippen LogP contribution is 2.13. The molecule has 5 heteroatoms. The lowest BCUT2D eigenvalue weighted by Crippen LogP contribution is -2.47. The summed E-state index contributed by atoms with van der Waals surface area (Å²) in [7, 11) is 0. The number of carbonyl (C=O) groups is 1. The first-order chi connectivity index (χ1) is 9.72. The minimum absolute atomic E-state index is 0.169. The molecule has 1 aliphatic heterocycles. The molecule has 0 bridgehead atoms. The van der Waals surface area contributed by atoms with Crippen molar-refractivity contribution >= 4 is 5.91 Å². The largest absolute Gasteiger partial charge is 0.339 e. The van der Waals surface area contributed by atoms with Gasteiger partial charge in [0.05, 0.1) is 0 Å². The van der Waals surface area contributed by atoms with Gasteiger partial charge in [-0.2, -0.15) is 5.10 Å². The van der Waals surface area contributed by atoms with E-state index in [4.69, 9.17) is 0 Å². The SMILES string of the molecule is CCCN(CC1CCCCN1)C(=O)C(C)n1cccn1. The maximum Gasteiger partial charge on any atom is 0.247 e. The van der Waals surface area contributed by atoms with Crippen LogP contribution in [0.25, 0.3) is 0 Å². The maximum atomic E-state index is 12.6. The monoisotopic (exact) mass is 278 g/mol. The number of hydrogen-bond acceptors (Lipinski definition) is 3. The topological polar surface area (TPSA) is 50.2 Å². The quantitative estimate of drug-likeness (QED) is 0.863. The van der Waals surface area contributed by atoms with Crippen molar-refractivity contribution in [3.8, 4) is 0 Å². The first-order valence-electron chi connectivity index (χ1n) is 7.73. The molecule has 2 rings (SSSR count). The Balaban J connectivity index is 1.97. The molecule has 112 valence electrons. The van der Waals surface area contributed by atoms with E-state index in [0.29, 0.717) is 6.04 Å². The normalized spacial score (nSPS) is 20.6. The molecule has 2 atom stereocenters. The van der Waals surface area contributed by atoms with Crippen molar-refractivity contribution in [2.45, 2.75) is 51.6 Å². The fourth-order valence-electron chi connectivity index (χ4n) is 2.79. The second-order valence-electron chi connectivity index (χ2n) is 5.59. The minimum atomic E-state index is -0.222. The molecule has 2 heterocycles. The van der Waals surface area contributed by atoms with Crippen LogP contribution in [0.4, 0.5) is 0 Å². The Kier molecular flexibility index (Phi) is 5.59. The minimum Gasteiger partial charge on any atom is -0.339 e. The van der Waals surface area contributed by atoms with E-state index < -0.39 is 0 Å². The predicted octanol–water partition coefficient (Wildman–Crippen LogP) is 1.82. The molecule has 0 radical (unpaired) electrons. The third-order valence-electron chi connectivity index (χ3n) is 3.94. The predicted molar refractivity (Wildman–Crippen MR) is 79.5 cm³/mol. The molecule has 0 saturated carbocycles. The molecule has 1 saturated heterocycles. The summed E-state index contributed by atoms with van der Waals surface area (Å²) in [5, 5.41) is 7.70. The van der Waals surface area contributed by atoms with Gasteiger partial charge < -0.3 is 10.2 Å². The second-order valence-corrected chi connectivity index (χ2v) is 5.59. The standard InChI is InChI=1S/C15H26N4O/c1-3-10-18(12-14-7-4-5-8-16-14)15(20)13(2)19-11-6-9-17-19/h6,9,11,13-14,16H,3-5,7-8,10,12H2,1-2H3. The van der Waals surface area contributed by atoms with Gasteiger partial charge in [0, 0.05) is 31.5 Å². The summed E-state index contributed by atoms with van der Waals surface area (Å²) in [5.41, 5.74) is 0. The number of nitrogens with one attached hydrogen (secondary N) is 1. The van der Waals surface area contributed by atoms with Gasteiger partial charge in [0.25, 0.3) is 0 Å². The first kappa shape index (κ1) is 15.0. The lowest BCUT2D eigenvalue weighted by Gasteiger charge is -2.32. The highest BCUT2D eigenvalue weighted by Gasteiger charge is 2.24. The Morgan fingerprint density at radius 1 is 1.55 bits per heavy atom. The van der Waals surface area contributed by atoms with Crippen LogP contribution in [0.2, 0.25) is 0 Å². The van der Waals surface area contributed by atoms with Gasteiger partial charge >= 0.3 is 0 Å². The van der Waals surface area contributed by atoms with Crippen molar-refractivity contribution in [1.82, 2.24) is 20.0 Å². The maximum absolute atomic E-state index is 12.6. The van der Waals surface area contributed by atoms with E-state index in [1.807, 2.05) is 24.1 Å². The van der Waals surface area contributed by atoms with Gasteiger partial charge in [-0.3, -0.25) is 9.48 Å². The Hall–Kier alpha value is -1.36. The average molecular weight is 278 g/mol. The summed E-state index contributed by atoms with van der Waals surface area (Å²) < 4.78 is 1.74. The molecule has 20 heavy (non-hydrogen) atoms. The zero-order chi connectivity index (χ0) is 14.4. The lowest BCUT2D eigenvalue weighted by atomic mass is 10.0. The van der Waals surface area contributed by atoms with E-state index >= 15 is 0 Å². The van der Waals surface area contributed by atoms with Gasteiger partial charge in [0.1, 0.15) is 6.04 Å². The van der Waals surface area contributed by atoms with E-state index in [1.54, 1.807) is 10.9 Å². The third kappa shape index (κ3) is 3.82. The number of rotatable bonds is 6. The molecule has 0 aliphatic carbocycles. The van der Waals surface area contributed by atoms with Gasteiger partial charge in [-0.15, -0.1) is 0 Å². The molecule has 1 aliphatic rings. The van der Waals surface area contributed by atoms with Crippen LogP contribution in [-0.4, -0.2) is 46.3 Å². The molecule has 1 fully saturated rings. The molecular weight excluding hydrogens is 252 g/mol. The number of carbonyl (C=O) groups excluding carboxylic acids is 1. The van der Waals surface area contributed by atoms with E-state index in [1.165, 1.54) is 19.3 Å². The van der Waals surface area contributed by atoms with E-state index in [2.05, 4.69) is 17.3 Å². The van der Waals surface area contributed by atoms with Crippen molar-refractivity contribution < 1.29 is 4.79 Å². The molecule has 0 aromatic carbocycles. The zero-order valence-corrected chi connectivity index (χ0v) is 12.6. The third-order valence-corrected chi connectivity index (χ3v) is 3.94. The molecule has 1 amide bonds. The van der Waals surface area contributed by atoms with Gasteiger partial charge in [0.2, 0.25) is 5.91 Å². The number of aromatic nitrogens is 2. The Morgan fingerprint density at radius 3 is 3.00 bits per heavy atom. The summed E-state index contributed by atoms with van der Waals surface area (Å²) >= 11 is 0. The molecule has 0 spiro atoms. The van der Waals surface area contributed by atoms with Crippen molar-refractivity contribution in [3.05, 3.63) is 18.5 Å². The van der Waals surface area contributed by atoms with Crippen LogP contribution in [-0.2, 0) is 4.79 Å².